The lowest BCUT2D eigenvalue weighted by molar-refractivity contribution is 0.302. The van der Waals surface area contributed by atoms with E-state index in [0.29, 0.717) is 24.9 Å². The van der Waals surface area contributed by atoms with Gasteiger partial charge in [-0.1, -0.05) is 13.0 Å². The van der Waals surface area contributed by atoms with Gasteiger partial charge in [-0.2, -0.15) is 0 Å². The van der Waals surface area contributed by atoms with E-state index in [4.69, 9.17) is 4.74 Å². The molecule has 0 aromatic carbocycles. The van der Waals surface area contributed by atoms with Gasteiger partial charge in [0.2, 0.25) is 5.88 Å². The van der Waals surface area contributed by atoms with Gasteiger partial charge >= 0.3 is 0 Å². The van der Waals surface area contributed by atoms with Crippen molar-refractivity contribution >= 4 is 5.82 Å². The number of aromatic nitrogens is 3. The molecule has 3 rings (SSSR count). The molecule has 5 nitrogen and oxygen atoms in total. The number of hydrogen-bond donors (Lipinski definition) is 1. The van der Waals surface area contributed by atoms with Crippen LogP contribution in [0, 0.1) is 0 Å². The lowest BCUT2D eigenvalue weighted by Gasteiger charge is -2.11. The minimum atomic E-state index is 0.564. The molecule has 0 unspecified atom stereocenters. The topological polar surface area (TPSA) is 59.9 Å². The quantitative estimate of drug-likeness (QED) is 0.846. The van der Waals surface area contributed by atoms with Crippen LogP contribution in [0.25, 0.3) is 0 Å². The monoisotopic (exact) mass is 284 g/mol. The summed E-state index contributed by atoms with van der Waals surface area (Å²) in [5.41, 5.74) is 1.04. The molecule has 0 atom stereocenters. The van der Waals surface area contributed by atoms with Crippen molar-refractivity contribution in [3.05, 3.63) is 42.0 Å². The van der Waals surface area contributed by atoms with Crippen molar-refractivity contribution in [1.29, 1.82) is 0 Å². The zero-order valence-electron chi connectivity index (χ0n) is 12.2. The van der Waals surface area contributed by atoms with Gasteiger partial charge in [0.1, 0.15) is 11.6 Å². The van der Waals surface area contributed by atoms with Gasteiger partial charge in [0.05, 0.1) is 6.61 Å². The second kappa shape index (κ2) is 6.52. The zero-order valence-corrected chi connectivity index (χ0v) is 12.2. The molecule has 0 amide bonds. The van der Waals surface area contributed by atoms with Crippen molar-refractivity contribution in [3.63, 3.8) is 0 Å². The van der Waals surface area contributed by atoms with E-state index < -0.39 is 0 Å². The molecule has 0 radical (unpaired) electrons. The summed E-state index contributed by atoms with van der Waals surface area (Å²) < 4.78 is 5.66. The van der Waals surface area contributed by atoms with E-state index in [1.54, 1.807) is 6.20 Å². The molecule has 1 aliphatic carbocycles. The van der Waals surface area contributed by atoms with E-state index in [-0.39, 0.29) is 0 Å². The van der Waals surface area contributed by atoms with Gasteiger partial charge in [-0.25, -0.2) is 15.0 Å². The van der Waals surface area contributed by atoms with Gasteiger partial charge in [-0.15, -0.1) is 0 Å². The largest absolute Gasteiger partial charge is 0.477 e. The number of anilines is 1. The fourth-order valence-electron chi connectivity index (χ4n) is 2.08. The van der Waals surface area contributed by atoms with Crippen LogP contribution in [-0.4, -0.2) is 21.6 Å². The van der Waals surface area contributed by atoms with Gasteiger partial charge < -0.3 is 10.1 Å². The van der Waals surface area contributed by atoms with Crippen LogP contribution in [0.2, 0.25) is 0 Å². The van der Waals surface area contributed by atoms with Crippen LogP contribution >= 0.6 is 0 Å². The SMILES string of the molecule is CCCOc1ncccc1CNc1ccnc(C2CC2)n1. The first kappa shape index (κ1) is 13.8. The summed E-state index contributed by atoms with van der Waals surface area (Å²) in [5.74, 6) is 3.07. The first-order valence-electron chi connectivity index (χ1n) is 7.50. The molecule has 21 heavy (non-hydrogen) atoms. The number of nitrogens with zero attached hydrogens (tertiary/aromatic N) is 3. The van der Waals surface area contributed by atoms with Crippen LogP contribution < -0.4 is 10.1 Å². The molecule has 1 saturated carbocycles. The summed E-state index contributed by atoms with van der Waals surface area (Å²) in [6.07, 6.45) is 6.97. The third kappa shape index (κ3) is 3.68. The second-order valence-electron chi connectivity index (χ2n) is 5.24. The van der Waals surface area contributed by atoms with Crippen LogP contribution in [0.5, 0.6) is 5.88 Å². The van der Waals surface area contributed by atoms with Crippen LogP contribution in [0.15, 0.2) is 30.6 Å². The summed E-state index contributed by atoms with van der Waals surface area (Å²) in [6.45, 7) is 3.42. The summed E-state index contributed by atoms with van der Waals surface area (Å²) in [6, 6.07) is 5.84. The van der Waals surface area contributed by atoms with Crippen molar-refractivity contribution in [1.82, 2.24) is 15.0 Å². The third-order valence-corrected chi connectivity index (χ3v) is 3.37. The van der Waals surface area contributed by atoms with Gasteiger partial charge in [0.25, 0.3) is 0 Å². The predicted octanol–water partition coefficient (Wildman–Crippen LogP) is 3.15. The lowest BCUT2D eigenvalue weighted by atomic mass is 10.2. The maximum absolute atomic E-state index is 5.66. The number of rotatable bonds is 7. The number of ether oxygens (including phenoxy) is 1. The highest BCUT2D eigenvalue weighted by Gasteiger charge is 2.26. The Bertz CT molecular complexity index is 598. The number of pyridine rings is 1. The molecule has 2 aromatic rings. The van der Waals surface area contributed by atoms with Crippen LogP contribution in [0.4, 0.5) is 5.82 Å². The highest BCUT2D eigenvalue weighted by Crippen LogP contribution is 2.38. The van der Waals surface area contributed by atoms with Crippen molar-refractivity contribution < 1.29 is 4.74 Å². The normalized spacial score (nSPS) is 14.0. The Morgan fingerprint density at radius 2 is 2.14 bits per heavy atom. The Hall–Kier alpha value is -2.17. The van der Waals surface area contributed by atoms with Gasteiger partial charge in [0.15, 0.2) is 0 Å². The summed E-state index contributed by atoms with van der Waals surface area (Å²) >= 11 is 0. The van der Waals surface area contributed by atoms with Crippen molar-refractivity contribution in [2.45, 2.75) is 38.6 Å². The number of hydrogen-bond acceptors (Lipinski definition) is 5. The molecule has 1 fully saturated rings. The Morgan fingerprint density at radius 3 is 2.95 bits per heavy atom. The average Bonchev–Trinajstić information content (AvgIpc) is 3.37. The van der Waals surface area contributed by atoms with Gasteiger partial charge in [0, 0.05) is 30.4 Å². The van der Waals surface area contributed by atoms with E-state index in [9.17, 15) is 0 Å². The van der Waals surface area contributed by atoms with Crippen molar-refractivity contribution in [3.8, 4) is 5.88 Å². The van der Waals surface area contributed by atoms with Crippen molar-refractivity contribution in [2.24, 2.45) is 0 Å². The molecule has 110 valence electrons. The van der Waals surface area contributed by atoms with E-state index in [1.807, 2.05) is 24.4 Å². The summed E-state index contributed by atoms with van der Waals surface area (Å²) in [4.78, 5) is 13.2. The Kier molecular flexibility index (Phi) is 4.28. The zero-order chi connectivity index (χ0) is 14.5. The summed E-state index contributed by atoms with van der Waals surface area (Å²) in [7, 11) is 0. The molecule has 5 heteroatoms. The molecule has 1 aliphatic rings. The highest BCUT2D eigenvalue weighted by atomic mass is 16.5. The highest BCUT2D eigenvalue weighted by molar-refractivity contribution is 5.37. The Morgan fingerprint density at radius 1 is 1.24 bits per heavy atom. The molecule has 2 aromatic heterocycles. The molecule has 0 bridgehead atoms. The minimum absolute atomic E-state index is 0.564. The minimum Gasteiger partial charge on any atom is -0.477 e. The predicted molar refractivity (Wildman–Crippen MR) is 81.4 cm³/mol. The molecule has 0 spiro atoms. The molecule has 0 saturated heterocycles. The smallest absolute Gasteiger partial charge is 0.218 e. The first-order chi connectivity index (χ1) is 10.4. The molecular weight excluding hydrogens is 264 g/mol. The van der Waals surface area contributed by atoms with Crippen molar-refractivity contribution in [2.75, 3.05) is 11.9 Å². The van der Waals surface area contributed by atoms with E-state index in [1.165, 1.54) is 12.8 Å². The lowest BCUT2D eigenvalue weighted by Crippen LogP contribution is -2.07. The fraction of sp³-hybridized carbons (Fsp3) is 0.438. The van der Waals surface area contributed by atoms with Crippen LogP contribution in [0.3, 0.4) is 0 Å². The van der Waals surface area contributed by atoms with E-state index in [2.05, 4.69) is 27.2 Å². The Balaban J connectivity index is 1.65. The van der Waals surface area contributed by atoms with Crippen LogP contribution in [-0.2, 0) is 6.54 Å². The molecular formula is C16H20N4O. The molecule has 2 heterocycles. The molecule has 1 N–H and O–H groups in total. The number of nitrogens with one attached hydrogen (secondary N) is 1. The maximum Gasteiger partial charge on any atom is 0.218 e. The Labute approximate surface area is 124 Å². The van der Waals surface area contributed by atoms with E-state index >= 15 is 0 Å². The van der Waals surface area contributed by atoms with Crippen LogP contribution in [0.1, 0.15) is 43.5 Å². The fourth-order valence-corrected chi connectivity index (χ4v) is 2.08. The first-order valence-corrected chi connectivity index (χ1v) is 7.50. The summed E-state index contributed by atoms with van der Waals surface area (Å²) in [5, 5.41) is 3.33. The molecule has 0 aliphatic heterocycles. The third-order valence-electron chi connectivity index (χ3n) is 3.37. The maximum atomic E-state index is 5.66. The average molecular weight is 284 g/mol. The van der Waals surface area contributed by atoms with Gasteiger partial charge in [-0.3, -0.25) is 0 Å². The van der Waals surface area contributed by atoms with E-state index in [0.717, 1.165) is 23.6 Å². The second-order valence-corrected chi connectivity index (χ2v) is 5.24. The van der Waals surface area contributed by atoms with Gasteiger partial charge in [-0.05, 0) is 31.4 Å². The standard InChI is InChI=1S/C16H20N4O/c1-2-10-21-16-13(4-3-8-18-16)11-19-14-7-9-17-15(20-14)12-5-6-12/h3-4,7-9,12H,2,5-6,10-11H2,1H3,(H,17,19,20).